The lowest BCUT2D eigenvalue weighted by molar-refractivity contribution is -0.126. The molecule has 1 atom stereocenters. The van der Waals surface area contributed by atoms with E-state index in [1.165, 1.54) is 12.8 Å². The van der Waals surface area contributed by atoms with Crippen molar-refractivity contribution in [1.82, 2.24) is 20.0 Å². The molecule has 2 aromatic carbocycles. The van der Waals surface area contributed by atoms with Crippen molar-refractivity contribution in [1.29, 1.82) is 0 Å². The average molecular weight is 459 g/mol. The van der Waals surface area contributed by atoms with Gasteiger partial charge in [0.25, 0.3) is 5.91 Å². The quantitative estimate of drug-likeness (QED) is 0.582. The minimum Gasteiger partial charge on any atom is -0.497 e. The summed E-state index contributed by atoms with van der Waals surface area (Å²) in [6.45, 7) is 1.84. The first kappa shape index (κ1) is 22.2. The fourth-order valence-corrected chi connectivity index (χ4v) is 4.46. The fraction of sp³-hybridized carbons (Fsp3) is 0.370. The van der Waals surface area contributed by atoms with Crippen molar-refractivity contribution in [2.24, 2.45) is 11.8 Å². The van der Waals surface area contributed by atoms with E-state index in [1.54, 1.807) is 18.0 Å². The van der Waals surface area contributed by atoms with E-state index in [0.717, 1.165) is 36.4 Å². The molecule has 7 nitrogen and oxygen atoms in total. The lowest BCUT2D eigenvalue weighted by atomic mass is 9.96. The van der Waals surface area contributed by atoms with Crippen molar-refractivity contribution in [3.63, 3.8) is 0 Å². The van der Waals surface area contributed by atoms with Crippen LogP contribution in [0.5, 0.6) is 5.75 Å². The van der Waals surface area contributed by atoms with Gasteiger partial charge < -0.3 is 15.0 Å². The van der Waals surface area contributed by atoms with Crippen LogP contribution < -0.4 is 10.1 Å². The molecule has 3 aromatic rings. The Kier molecular flexibility index (Phi) is 6.34. The standard InChI is InChI=1S/C27H30N4O3/c1-34-23-13-11-20(12-14-23)25-24(18-31(29-25)22-7-3-2-4-8-22)27(33)30-15-5-6-21(17-30)26(32)28-16-19-9-10-19/h2-4,7-8,11-14,18-19,21H,5-6,9-10,15-17H2,1H3,(H,28,32). The Morgan fingerprint density at radius 2 is 1.82 bits per heavy atom. The van der Waals surface area contributed by atoms with Crippen LogP contribution in [0.1, 0.15) is 36.0 Å². The predicted octanol–water partition coefficient (Wildman–Crippen LogP) is 3.93. The Morgan fingerprint density at radius 1 is 1.06 bits per heavy atom. The maximum atomic E-state index is 13.7. The van der Waals surface area contributed by atoms with Crippen molar-refractivity contribution in [3.8, 4) is 22.7 Å². The zero-order valence-corrected chi connectivity index (χ0v) is 19.4. The molecule has 2 heterocycles. The number of para-hydroxylation sites is 1. The third kappa shape index (κ3) is 4.83. The molecule has 0 radical (unpaired) electrons. The number of likely N-dealkylation sites (tertiary alicyclic amines) is 1. The molecule has 5 rings (SSSR count). The van der Waals surface area contributed by atoms with Crippen LogP contribution in [-0.4, -0.2) is 53.2 Å². The van der Waals surface area contributed by atoms with Crippen molar-refractivity contribution in [3.05, 3.63) is 66.4 Å². The van der Waals surface area contributed by atoms with Gasteiger partial charge in [-0.05, 0) is 68.0 Å². The predicted molar refractivity (Wildman–Crippen MR) is 130 cm³/mol. The molecule has 1 unspecified atom stereocenters. The topological polar surface area (TPSA) is 76.5 Å². The number of hydrogen-bond donors (Lipinski definition) is 1. The first-order chi connectivity index (χ1) is 16.6. The Bertz CT molecular complexity index is 1150. The van der Waals surface area contributed by atoms with Crippen molar-refractivity contribution in [2.45, 2.75) is 25.7 Å². The number of benzene rings is 2. The summed E-state index contributed by atoms with van der Waals surface area (Å²) in [5, 5.41) is 7.86. The van der Waals surface area contributed by atoms with Gasteiger partial charge >= 0.3 is 0 Å². The Hall–Kier alpha value is -3.61. The number of methoxy groups -OCH3 is 1. The highest BCUT2D eigenvalue weighted by Gasteiger charge is 2.32. The second-order valence-corrected chi connectivity index (χ2v) is 9.18. The lowest BCUT2D eigenvalue weighted by Crippen LogP contribution is -2.45. The molecule has 1 aromatic heterocycles. The number of nitrogens with one attached hydrogen (secondary N) is 1. The molecule has 2 fully saturated rings. The van der Waals surface area contributed by atoms with E-state index in [2.05, 4.69) is 5.32 Å². The summed E-state index contributed by atoms with van der Waals surface area (Å²) in [4.78, 5) is 28.2. The molecule has 0 spiro atoms. The fourth-order valence-electron chi connectivity index (χ4n) is 4.46. The Balaban J connectivity index is 1.41. The molecule has 1 aliphatic heterocycles. The Morgan fingerprint density at radius 3 is 2.53 bits per heavy atom. The molecule has 7 heteroatoms. The third-order valence-electron chi connectivity index (χ3n) is 6.67. The van der Waals surface area contributed by atoms with E-state index >= 15 is 0 Å². The van der Waals surface area contributed by atoms with Gasteiger partial charge in [0.05, 0.1) is 24.3 Å². The van der Waals surface area contributed by atoms with Gasteiger partial charge in [0.15, 0.2) is 0 Å². The number of rotatable bonds is 7. The van der Waals surface area contributed by atoms with E-state index in [4.69, 9.17) is 9.84 Å². The smallest absolute Gasteiger partial charge is 0.257 e. The van der Waals surface area contributed by atoms with Crippen LogP contribution >= 0.6 is 0 Å². The second-order valence-electron chi connectivity index (χ2n) is 9.18. The lowest BCUT2D eigenvalue weighted by Gasteiger charge is -2.32. The van der Waals surface area contributed by atoms with Gasteiger partial charge in [-0.15, -0.1) is 0 Å². The first-order valence-corrected chi connectivity index (χ1v) is 12.0. The van der Waals surface area contributed by atoms with Crippen LogP contribution in [0.3, 0.4) is 0 Å². The molecule has 2 aliphatic rings. The van der Waals surface area contributed by atoms with Gasteiger partial charge in [-0.2, -0.15) is 5.10 Å². The summed E-state index contributed by atoms with van der Waals surface area (Å²) in [7, 11) is 1.63. The summed E-state index contributed by atoms with van der Waals surface area (Å²) >= 11 is 0. The van der Waals surface area contributed by atoms with E-state index < -0.39 is 0 Å². The molecule has 2 amide bonds. The normalized spacial score (nSPS) is 17.9. The molecule has 1 aliphatic carbocycles. The van der Waals surface area contributed by atoms with E-state index in [1.807, 2.05) is 59.5 Å². The molecular formula is C27H30N4O3. The van der Waals surface area contributed by atoms with Crippen LogP contribution in [0.4, 0.5) is 0 Å². The van der Waals surface area contributed by atoms with Gasteiger partial charge in [0.2, 0.25) is 5.91 Å². The molecule has 176 valence electrons. The van der Waals surface area contributed by atoms with Crippen molar-refractivity contribution >= 4 is 11.8 Å². The van der Waals surface area contributed by atoms with Crippen molar-refractivity contribution in [2.75, 3.05) is 26.7 Å². The number of hydrogen-bond acceptors (Lipinski definition) is 4. The maximum absolute atomic E-state index is 13.7. The van der Waals surface area contributed by atoms with Crippen LogP contribution in [0.2, 0.25) is 0 Å². The third-order valence-corrected chi connectivity index (χ3v) is 6.67. The van der Waals surface area contributed by atoms with Gasteiger partial charge in [0, 0.05) is 31.4 Å². The van der Waals surface area contributed by atoms with Crippen molar-refractivity contribution < 1.29 is 14.3 Å². The van der Waals surface area contributed by atoms with E-state index in [0.29, 0.717) is 30.3 Å². The zero-order chi connectivity index (χ0) is 23.5. The summed E-state index contributed by atoms with van der Waals surface area (Å²) in [6, 6.07) is 17.3. The molecule has 34 heavy (non-hydrogen) atoms. The van der Waals surface area contributed by atoms with Crippen LogP contribution in [0, 0.1) is 11.8 Å². The highest BCUT2D eigenvalue weighted by Crippen LogP contribution is 2.29. The monoisotopic (exact) mass is 458 g/mol. The molecule has 1 N–H and O–H groups in total. The number of nitrogens with zero attached hydrogens (tertiary/aromatic N) is 3. The van der Waals surface area contributed by atoms with Gasteiger partial charge in [0.1, 0.15) is 11.4 Å². The van der Waals surface area contributed by atoms with E-state index in [-0.39, 0.29) is 17.7 Å². The van der Waals surface area contributed by atoms with Crippen LogP contribution in [-0.2, 0) is 4.79 Å². The molecular weight excluding hydrogens is 428 g/mol. The van der Waals surface area contributed by atoms with E-state index in [9.17, 15) is 9.59 Å². The minimum atomic E-state index is -0.162. The first-order valence-electron chi connectivity index (χ1n) is 12.0. The van der Waals surface area contributed by atoms with Crippen LogP contribution in [0.25, 0.3) is 16.9 Å². The van der Waals surface area contributed by atoms with Gasteiger partial charge in [-0.3, -0.25) is 9.59 Å². The molecule has 0 bridgehead atoms. The SMILES string of the molecule is COc1ccc(-c2nn(-c3ccccc3)cc2C(=O)N2CCCC(C(=O)NCC3CC3)C2)cc1. The summed E-state index contributed by atoms with van der Waals surface area (Å²) < 4.78 is 7.03. The minimum absolute atomic E-state index is 0.0692. The highest BCUT2D eigenvalue weighted by molar-refractivity contribution is 6.00. The summed E-state index contributed by atoms with van der Waals surface area (Å²) in [6.07, 6.45) is 5.84. The maximum Gasteiger partial charge on any atom is 0.257 e. The average Bonchev–Trinajstić information content (AvgIpc) is 3.63. The second kappa shape index (κ2) is 9.71. The number of amides is 2. The number of ether oxygens (including phenoxy) is 1. The Labute approximate surface area is 199 Å². The molecule has 1 saturated heterocycles. The van der Waals surface area contributed by atoms with Gasteiger partial charge in [-0.25, -0.2) is 4.68 Å². The highest BCUT2D eigenvalue weighted by atomic mass is 16.5. The summed E-state index contributed by atoms with van der Waals surface area (Å²) in [5.74, 6) is 1.20. The number of aromatic nitrogens is 2. The number of piperidine rings is 1. The zero-order valence-electron chi connectivity index (χ0n) is 19.4. The molecule has 1 saturated carbocycles. The summed E-state index contributed by atoms with van der Waals surface area (Å²) in [5.41, 5.74) is 2.88. The number of carbonyl (C=O) groups is 2. The van der Waals surface area contributed by atoms with Crippen LogP contribution in [0.15, 0.2) is 60.8 Å². The largest absolute Gasteiger partial charge is 0.497 e. The van der Waals surface area contributed by atoms with Gasteiger partial charge in [-0.1, -0.05) is 18.2 Å². The number of carbonyl (C=O) groups excluding carboxylic acids is 2.